The average Bonchev–Trinajstić information content (AvgIpc) is 2.28. The number of nitrogens with one attached hydrogen (secondary N) is 1. The number of benzene rings is 1. The number of ether oxygens (including phenoxy) is 1. The number of alkyl halides is 2. The molecule has 0 amide bonds. The minimum atomic E-state index is -2.74. The molecule has 0 saturated carbocycles. The average molecular weight is 389 g/mol. The summed E-state index contributed by atoms with van der Waals surface area (Å²) in [6.07, 6.45) is -4.40. The molecule has 0 saturated heterocycles. The van der Waals surface area contributed by atoms with E-state index in [-0.39, 0.29) is 6.54 Å². The molecule has 1 aromatic carbocycles. The Bertz CT molecular complexity index is 405. The Hall–Kier alpha value is -0.240. The lowest BCUT2D eigenvalue weighted by molar-refractivity contribution is -0.00342. The normalized spacial score (nSPS) is 12.8. The third-order valence-electron chi connectivity index (χ3n) is 2.25. The minimum absolute atomic E-state index is 0.176. The highest BCUT2D eigenvalue weighted by molar-refractivity contribution is 9.11. The van der Waals surface area contributed by atoms with Crippen LogP contribution >= 0.6 is 31.9 Å². The molecule has 7 heteroatoms. The zero-order chi connectivity index (χ0) is 13.7. The Morgan fingerprint density at radius 1 is 1.39 bits per heavy atom. The SMILES string of the molecule is COc1c(Br)cc(Br)cc1CNCC(O)C(F)F. The number of hydrogen-bond acceptors (Lipinski definition) is 3. The van der Waals surface area contributed by atoms with Crippen molar-refractivity contribution in [3.8, 4) is 5.75 Å². The number of methoxy groups -OCH3 is 1. The number of rotatable bonds is 6. The van der Waals surface area contributed by atoms with Crippen LogP contribution in [0.25, 0.3) is 0 Å². The van der Waals surface area contributed by atoms with E-state index in [0.717, 1.165) is 14.5 Å². The summed E-state index contributed by atoms with van der Waals surface area (Å²) in [5, 5.41) is 11.7. The molecule has 0 heterocycles. The summed E-state index contributed by atoms with van der Waals surface area (Å²) in [5.41, 5.74) is 0.806. The first-order chi connectivity index (χ1) is 8.45. The van der Waals surface area contributed by atoms with Crippen LogP contribution < -0.4 is 10.1 Å². The van der Waals surface area contributed by atoms with Crippen molar-refractivity contribution in [3.63, 3.8) is 0 Å². The maximum absolute atomic E-state index is 12.1. The van der Waals surface area contributed by atoms with Gasteiger partial charge in [0, 0.05) is 23.1 Å². The monoisotopic (exact) mass is 387 g/mol. The highest BCUT2D eigenvalue weighted by atomic mass is 79.9. The van der Waals surface area contributed by atoms with Gasteiger partial charge >= 0.3 is 0 Å². The first kappa shape index (κ1) is 15.8. The molecule has 0 bridgehead atoms. The summed E-state index contributed by atoms with van der Waals surface area (Å²) in [7, 11) is 1.53. The minimum Gasteiger partial charge on any atom is -0.495 e. The van der Waals surface area contributed by atoms with Crippen LogP contribution in [0.5, 0.6) is 5.75 Å². The molecule has 18 heavy (non-hydrogen) atoms. The summed E-state index contributed by atoms with van der Waals surface area (Å²) in [5.74, 6) is 0.636. The van der Waals surface area contributed by atoms with Gasteiger partial charge in [0.25, 0.3) is 6.43 Å². The molecule has 1 aromatic rings. The molecule has 102 valence electrons. The van der Waals surface area contributed by atoms with Gasteiger partial charge in [-0.3, -0.25) is 0 Å². The number of halogens is 4. The van der Waals surface area contributed by atoms with Gasteiger partial charge in [-0.2, -0.15) is 0 Å². The van der Waals surface area contributed by atoms with E-state index in [1.165, 1.54) is 7.11 Å². The Balaban J connectivity index is 2.67. The summed E-state index contributed by atoms with van der Waals surface area (Å²) in [6, 6.07) is 3.65. The van der Waals surface area contributed by atoms with Crippen LogP contribution in [0.15, 0.2) is 21.1 Å². The van der Waals surface area contributed by atoms with E-state index in [9.17, 15) is 8.78 Å². The van der Waals surface area contributed by atoms with Gasteiger partial charge in [-0.25, -0.2) is 8.78 Å². The molecule has 1 unspecified atom stereocenters. The molecule has 1 atom stereocenters. The molecule has 3 nitrogen and oxygen atoms in total. The van der Waals surface area contributed by atoms with Crippen molar-refractivity contribution in [3.05, 3.63) is 26.6 Å². The van der Waals surface area contributed by atoms with E-state index in [1.807, 2.05) is 12.1 Å². The van der Waals surface area contributed by atoms with E-state index >= 15 is 0 Å². The number of hydrogen-bond donors (Lipinski definition) is 2. The molecular formula is C11H13Br2F2NO2. The second kappa shape index (κ2) is 7.37. The lowest BCUT2D eigenvalue weighted by Gasteiger charge is -2.14. The number of aliphatic hydroxyl groups excluding tert-OH is 1. The van der Waals surface area contributed by atoms with Crippen molar-refractivity contribution in [2.45, 2.75) is 19.1 Å². The van der Waals surface area contributed by atoms with Crippen LogP contribution in [0.3, 0.4) is 0 Å². The third kappa shape index (κ3) is 4.46. The lowest BCUT2D eigenvalue weighted by Crippen LogP contribution is -2.31. The zero-order valence-electron chi connectivity index (χ0n) is 9.59. The Labute approximate surface area is 121 Å². The van der Waals surface area contributed by atoms with Crippen molar-refractivity contribution in [1.82, 2.24) is 5.32 Å². The highest BCUT2D eigenvalue weighted by Gasteiger charge is 2.16. The van der Waals surface area contributed by atoms with E-state index in [1.54, 1.807) is 0 Å². The van der Waals surface area contributed by atoms with E-state index in [2.05, 4.69) is 37.2 Å². The molecule has 0 radical (unpaired) electrons. The molecule has 0 spiro atoms. The van der Waals surface area contributed by atoms with Gasteiger partial charge in [-0.15, -0.1) is 0 Å². The van der Waals surface area contributed by atoms with E-state index in [0.29, 0.717) is 12.3 Å². The molecule has 0 fully saturated rings. The van der Waals surface area contributed by atoms with Gasteiger partial charge in [0.1, 0.15) is 11.9 Å². The third-order valence-corrected chi connectivity index (χ3v) is 3.30. The van der Waals surface area contributed by atoms with Gasteiger partial charge in [-0.05, 0) is 28.1 Å². The lowest BCUT2D eigenvalue weighted by atomic mass is 10.2. The Morgan fingerprint density at radius 3 is 2.61 bits per heavy atom. The summed E-state index contributed by atoms with van der Waals surface area (Å²) in [6.45, 7) is 0.149. The van der Waals surface area contributed by atoms with Crippen molar-refractivity contribution in [1.29, 1.82) is 0 Å². The molecule has 0 aliphatic carbocycles. The summed E-state index contributed by atoms with van der Waals surface area (Å²) >= 11 is 6.69. The smallest absolute Gasteiger partial charge is 0.265 e. The fraction of sp³-hybridized carbons (Fsp3) is 0.455. The van der Waals surface area contributed by atoms with Gasteiger partial charge in [0.15, 0.2) is 0 Å². The topological polar surface area (TPSA) is 41.5 Å². The standard InChI is InChI=1S/C11H13Br2F2NO2/c1-18-10-6(2-7(12)3-8(10)13)4-16-5-9(17)11(14)15/h2-3,9,11,16-17H,4-5H2,1H3. The van der Waals surface area contributed by atoms with Crippen molar-refractivity contribution < 1.29 is 18.6 Å². The van der Waals surface area contributed by atoms with Crippen LogP contribution in [-0.4, -0.2) is 31.3 Å². The van der Waals surface area contributed by atoms with Crippen LogP contribution in [-0.2, 0) is 6.54 Å². The van der Waals surface area contributed by atoms with Gasteiger partial charge in [0.2, 0.25) is 0 Å². The van der Waals surface area contributed by atoms with E-state index in [4.69, 9.17) is 9.84 Å². The van der Waals surface area contributed by atoms with Crippen molar-refractivity contribution >= 4 is 31.9 Å². The molecule has 1 rings (SSSR count). The number of aliphatic hydroxyl groups is 1. The first-order valence-electron chi connectivity index (χ1n) is 5.14. The van der Waals surface area contributed by atoms with Crippen LogP contribution in [0.1, 0.15) is 5.56 Å². The fourth-order valence-electron chi connectivity index (χ4n) is 1.42. The summed E-state index contributed by atoms with van der Waals surface area (Å²) in [4.78, 5) is 0. The first-order valence-corrected chi connectivity index (χ1v) is 6.73. The van der Waals surface area contributed by atoms with Crippen LogP contribution in [0.4, 0.5) is 8.78 Å². The van der Waals surface area contributed by atoms with Crippen molar-refractivity contribution in [2.75, 3.05) is 13.7 Å². The predicted molar refractivity (Wildman–Crippen MR) is 72.1 cm³/mol. The second-order valence-corrected chi connectivity index (χ2v) is 5.38. The van der Waals surface area contributed by atoms with Gasteiger partial charge in [-0.1, -0.05) is 15.9 Å². The fourth-order valence-corrected chi connectivity index (χ4v) is 2.89. The second-order valence-electron chi connectivity index (χ2n) is 3.61. The maximum Gasteiger partial charge on any atom is 0.265 e. The Morgan fingerprint density at radius 2 is 2.06 bits per heavy atom. The molecule has 0 aliphatic rings. The van der Waals surface area contributed by atoms with Crippen LogP contribution in [0, 0.1) is 0 Å². The molecule has 0 aliphatic heterocycles. The van der Waals surface area contributed by atoms with Gasteiger partial charge < -0.3 is 15.2 Å². The molecular weight excluding hydrogens is 376 g/mol. The van der Waals surface area contributed by atoms with Crippen molar-refractivity contribution in [2.24, 2.45) is 0 Å². The zero-order valence-corrected chi connectivity index (χ0v) is 12.8. The van der Waals surface area contributed by atoms with E-state index < -0.39 is 12.5 Å². The van der Waals surface area contributed by atoms with Gasteiger partial charge in [0.05, 0.1) is 11.6 Å². The maximum atomic E-state index is 12.1. The molecule has 2 N–H and O–H groups in total. The quantitative estimate of drug-likeness (QED) is 0.787. The highest BCUT2D eigenvalue weighted by Crippen LogP contribution is 2.32. The predicted octanol–water partition coefficient (Wildman–Crippen LogP) is 2.94. The summed E-state index contributed by atoms with van der Waals surface area (Å²) < 4.78 is 31.0. The Kier molecular flexibility index (Phi) is 6.48. The molecule has 0 aromatic heterocycles. The largest absolute Gasteiger partial charge is 0.495 e. The van der Waals surface area contributed by atoms with Crippen LogP contribution in [0.2, 0.25) is 0 Å².